The standard InChI is InChI=1S/C26H28N6O4/c1-14(33)35-19-10-17(31-25(34)36-26(2,3)4)12-32-22(19)20(21-23(27)29-13-30-24(21)32)16-9-15-7-5-6-8-18(15)28-11-16/h5-9,11,13,17,19H,10,12H2,1-4H3,(H,31,34)(H2,27,29,30). The minimum absolute atomic E-state index is 0.309. The second-order valence-electron chi connectivity index (χ2n) is 9.92. The lowest BCUT2D eigenvalue weighted by Gasteiger charge is -2.32. The number of nitrogen functional groups attached to an aromatic ring is 1. The zero-order chi connectivity index (χ0) is 25.6. The number of fused-ring (bicyclic) bond motifs is 4. The van der Waals surface area contributed by atoms with Crippen molar-refractivity contribution in [3.8, 4) is 11.1 Å². The van der Waals surface area contributed by atoms with Crippen LogP contribution < -0.4 is 11.1 Å². The molecule has 4 aromatic rings. The fourth-order valence-corrected chi connectivity index (χ4v) is 4.78. The fraction of sp³-hybridized carbons (Fsp3) is 0.346. The molecule has 2 unspecified atom stereocenters. The molecule has 1 aliphatic rings. The van der Waals surface area contributed by atoms with Gasteiger partial charge in [0.25, 0.3) is 0 Å². The lowest BCUT2D eigenvalue weighted by molar-refractivity contribution is -0.148. The predicted octanol–water partition coefficient (Wildman–Crippen LogP) is 4.13. The zero-order valence-electron chi connectivity index (χ0n) is 20.6. The van der Waals surface area contributed by atoms with Crippen molar-refractivity contribution in [2.24, 2.45) is 0 Å². The smallest absolute Gasteiger partial charge is 0.407 e. The van der Waals surface area contributed by atoms with Gasteiger partial charge < -0.3 is 25.1 Å². The molecule has 36 heavy (non-hydrogen) atoms. The summed E-state index contributed by atoms with van der Waals surface area (Å²) < 4.78 is 13.2. The maximum absolute atomic E-state index is 12.5. The van der Waals surface area contributed by atoms with Gasteiger partial charge in [-0.15, -0.1) is 0 Å². The van der Waals surface area contributed by atoms with E-state index in [0.29, 0.717) is 29.8 Å². The summed E-state index contributed by atoms with van der Waals surface area (Å²) in [7, 11) is 0. The summed E-state index contributed by atoms with van der Waals surface area (Å²) in [6.45, 7) is 7.16. The number of carbonyl (C=O) groups is 2. The molecule has 0 radical (unpaired) electrons. The van der Waals surface area contributed by atoms with Crippen LogP contribution in [0.1, 0.15) is 45.9 Å². The van der Waals surface area contributed by atoms with Gasteiger partial charge in [-0.3, -0.25) is 9.78 Å². The number of rotatable bonds is 3. The average molecular weight is 489 g/mol. The maximum atomic E-state index is 12.5. The topological polar surface area (TPSA) is 134 Å². The Morgan fingerprint density at radius 1 is 1.17 bits per heavy atom. The van der Waals surface area contributed by atoms with Crippen LogP contribution in [0.5, 0.6) is 0 Å². The Kier molecular flexibility index (Phi) is 5.74. The van der Waals surface area contributed by atoms with Crippen molar-refractivity contribution in [2.75, 3.05) is 5.73 Å². The predicted molar refractivity (Wildman–Crippen MR) is 135 cm³/mol. The minimum atomic E-state index is -0.661. The normalized spacial score (nSPS) is 17.6. The van der Waals surface area contributed by atoms with Crippen LogP contribution in [-0.4, -0.2) is 43.2 Å². The highest BCUT2D eigenvalue weighted by molar-refractivity contribution is 6.03. The number of benzene rings is 1. The number of ether oxygens (including phenoxy) is 2. The summed E-state index contributed by atoms with van der Waals surface area (Å²) in [5.41, 5.74) is 9.50. The van der Waals surface area contributed by atoms with Gasteiger partial charge in [-0.05, 0) is 32.9 Å². The van der Waals surface area contributed by atoms with Crippen molar-refractivity contribution < 1.29 is 19.1 Å². The molecule has 0 spiro atoms. The molecule has 0 saturated heterocycles. The van der Waals surface area contributed by atoms with Gasteiger partial charge in [-0.1, -0.05) is 18.2 Å². The van der Waals surface area contributed by atoms with E-state index in [4.69, 9.17) is 15.2 Å². The second kappa shape index (κ2) is 8.78. The number of para-hydroxylation sites is 1. The third-order valence-corrected chi connectivity index (χ3v) is 6.02. The molecule has 4 heterocycles. The first-order valence-corrected chi connectivity index (χ1v) is 11.7. The Hall–Kier alpha value is -4.21. The number of nitrogens with two attached hydrogens (primary N) is 1. The number of hydrogen-bond acceptors (Lipinski definition) is 8. The Morgan fingerprint density at radius 2 is 1.94 bits per heavy atom. The zero-order valence-corrected chi connectivity index (χ0v) is 20.6. The quantitative estimate of drug-likeness (QED) is 0.411. The summed E-state index contributed by atoms with van der Waals surface area (Å²) in [5.74, 6) is -0.125. The molecule has 3 aromatic heterocycles. The molecule has 2 atom stereocenters. The molecule has 3 N–H and O–H groups in total. The molecule has 1 aromatic carbocycles. The van der Waals surface area contributed by atoms with E-state index in [9.17, 15) is 9.59 Å². The summed E-state index contributed by atoms with van der Waals surface area (Å²) in [6.07, 6.45) is 2.34. The van der Waals surface area contributed by atoms with E-state index in [-0.39, 0.29) is 6.04 Å². The lowest BCUT2D eigenvalue weighted by Crippen LogP contribution is -2.44. The average Bonchev–Trinajstić information content (AvgIpc) is 3.13. The first-order valence-electron chi connectivity index (χ1n) is 11.7. The van der Waals surface area contributed by atoms with Crippen LogP contribution in [0.15, 0.2) is 42.9 Å². The molecule has 10 nitrogen and oxygen atoms in total. The van der Waals surface area contributed by atoms with Gasteiger partial charge in [0.05, 0.1) is 22.6 Å². The van der Waals surface area contributed by atoms with E-state index < -0.39 is 23.8 Å². The summed E-state index contributed by atoms with van der Waals surface area (Å²) in [4.78, 5) is 38.0. The highest BCUT2D eigenvalue weighted by atomic mass is 16.6. The summed E-state index contributed by atoms with van der Waals surface area (Å²) >= 11 is 0. The van der Waals surface area contributed by atoms with E-state index >= 15 is 0 Å². The van der Waals surface area contributed by atoms with E-state index in [2.05, 4.69) is 20.3 Å². The van der Waals surface area contributed by atoms with Gasteiger partial charge >= 0.3 is 12.1 Å². The number of aromatic nitrogens is 4. The van der Waals surface area contributed by atoms with E-state index in [1.807, 2.05) is 34.9 Å². The van der Waals surface area contributed by atoms with Crippen molar-refractivity contribution >= 4 is 39.8 Å². The Bertz CT molecular complexity index is 1490. The highest BCUT2D eigenvalue weighted by Gasteiger charge is 2.37. The number of amides is 1. The van der Waals surface area contributed by atoms with Crippen molar-refractivity contribution in [1.29, 1.82) is 0 Å². The second-order valence-corrected chi connectivity index (χ2v) is 9.92. The number of esters is 1. The third-order valence-electron chi connectivity index (χ3n) is 6.02. The van der Waals surface area contributed by atoms with Crippen LogP contribution in [0.3, 0.4) is 0 Å². The van der Waals surface area contributed by atoms with Crippen molar-refractivity contribution in [3.05, 3.63) is 48.5 Å². The van der Waals surface area contributed by atoms with Gasteiger partial charge in [-0.2, -0.15) is 0 Å². The van der Waals surface area contributed by atoms with E-state index in [0.717, 1.165) is 27.7 Å². The first-order chi connectivity index (χ1) is 17.1. The Labute approximate surface area is 207 Å². The molecule has 186 valence electrons. The molecule has 1 amide bonds. The monoisotopic (exact) mass is 488 g/mol. The molecule has 0 fully saturated rings. The number of carbonyl (C=O) groups excluding carboxylic acids is 2. The van der Waals surface area contributed by atoms with Gasteiger partial charge in [0.2, 0.25) is 0 Å². The number of nitrogens with zero attached hydrogens (tertiary/aromatic N) is 4. The maximum Gasteiger partial charge on any atom is 0.407 e. The van der Waals surface area contributed by atoms with Gasteiger partial charge in [-0.25, -0.2) is 14.8 Å². The SMILES string of the molecule is CC(=O)OC1CC(NC(=O)OC(C)(C)C)Cn2c1c(-c1cnc3ccccc3c1)c1c(N)ncnc12. The number of anilines is 1. The molecule has 10 heteroatoms. The molecule has 0 bridgehead atoms. The third kappa shape index (κ3) is 4.41. The highest BCUT2D eigenvalue weighted by Crippen LogP contribution is 2.44. The number of hydrogen-bond donors (Lipinski definition) is 2. The van der Waals surface area contributed by atoms with E-state index in [1.54, 1.807) is 27.0 Å². The number of alkyl carbamates (subject to hydrolysis) is 1. The number of nitrogens with one attached hydrogen (secondary N) is 1. The molecular weight excluding hydrogens is 460 g/mol. The molecule has 1 aliphatic heterocycles. The molecule has 0 aliphatic carbocycles. The van der Waals surface area contributed by atoms with Crippen LogP contribution in [0.2, 0.25) is 0 Å². The Balaban J connectivity index is 1.67. The van der Waals surface area contributed by atoms with Crippen LogP contribution in [0.25, 0.3) is 33.1 Å². The fourth-order valence-electron chi connectivity index (χ4n) is 4.78. The lowest BCUT2D eigenvalue weighted by atomic mass is 9.95. The van der Waals surface area contributed by atoms with Gasteiger partial charge in [0, 0.05) is 42.6 Å². The van der Waals surface area contributed by atoms with Crippen molar-refractivity contribution in [2.45, 2.75) is 58.4 Å². The minimum Gasteiger partial charge on any atom is -0.456 e. The van der Waals surface area contributed by atoms with E-state index in [1.165, 1.54) is 13.3 Å². The van der Waals surface area contributed by atoms with Crippen LogP contribution >= 0.6 is 0 Å². The van der Waals surface area contributed by atoms with Crippen LogP contribution in [-0.2, 0) is 20.8 Å². The summed E-state index contributed by atoms with van der Waals surface area (Å²) in [6, 6.07) is 9.48. The number of pyridine rings is 1. The first kappa shape index (κ1) is 23.5. The van der Waals surface area contributed by atoms with Crippen molar-refractivity contribution in [1.82, 2.24) is 24.8 Å². The molecule has 0 saturated carbocycles. The molecule has 5 rings (SSSR count). The van der Waals surface area contributed by atoms with Gasteiger partial charge in [0.1, 0.15) is 29.5 Å². The Morgan fingerprint density at radius 3 is 2.69 bits per heavy atom. The van der Waals surface area contributed by atoms with Gasteiger partial charge in [0.15, 0.2) is 0 Å². The summed E-state index contributed by atoms with van der Waals surface area (Å²) in [5, 5.41) is 4.53. The van der Waals surface area contributed by atoms with Crippen LogP contribution in [0, 0.1) is 0 Å². The largest absolute Gasteiger partial charge is 0.456 e. The molecular formula is C26H28N6O4. The van der Waals surface area contributed by atoms with Crippen LogP contribution in [0.4, 0.5) is 10.6 Å². The van der Waals surface area contributed by atoms with Crippen molar-refractivity contribution in [3.63, 3.8) is 0 Å².